The number of ether oxygens (including phenoxy) is 2. The Kier molecular flexibility index (Phi) is 8.31. The Morgan fingerprint density at radius 2 is 1.91 bits per heavy atom. The van der Waals surface area contributed by atoms with Gasteiger partial charge in [-0.3, -0.25) is 0 Å². The highest BCUT2D eigenvalue weighted by atomic mass is 32.2. The van der Waals surface area contributed by atoms with Crippen molar-refractivity contribution in [2.75, 3.05) is 12.4 Å². The van der Waals surface area contributed by atoms with Gasteiger partial charge < -0.3 is 14.6 Å². The first kappa shape index (κ1) is 23.4. The van der Waals surface area contributed by atoms with Gasteiger partial charge in [-0.05, 0) is 65.6 Å². The van der Waals surface area contributed by atoms with Crippen molar-refractivity contribution in [3.63, 3.8) is 0 Å². The summed E-state index contributed by atoms with van der Waals surface area (Å²) in [6.07, 6.45) is 2.95. The molecule has 1 aliphatic heterocycles. The number of hydrogen-bond acceptors (Lipinski definition) is 5. The van der Waals surface area contributed by atoms with Gasteiger partial charge in [-0.1, -0.05) is 43.3 Å². The molecule has 0 saturated carbocycles. The van der Waals surface area contributed by atoms with Crippen molar-refractivity contribution in [2.45, 2.75) is 62.1 Å². The molecule has 1 N–H and O–H groups in total. The van der Waals surface area contributed by atoms with E-state index in [1.165, 1.54) is 26.5 Å². The number of thioether (sulfide) groups is 1. The molecule has 32 heavy (non-hydrogen) atoms. The Labute approximate surface area is 199 Å². The van der Waals surface area contributed by atoms with Gasteiger partial charge >= 0.3 is 0 Å². The first-order chi connectivity index (χ1) is 15.6. The summed E-state index contributed by atoms with van der Waals surface area (Å²) in [5.74, 6) is 1.79. The summed E-state index contributed by atoms with van der Waals surface area (Å²) < 4.78 is 13.3. The van der Waals surface area contributed by atoms with Gasteiger partial charge in [-0.15, -0.1) is 23.1 Å². The summed E-state index contributed by atoms with van der Waals surface area (Å²) in [6, 6.07) is 19.3. The third kappa shape index (κ3) is 6.16. The summed E-state index contributed by atoms with van der Waals surface area (Å²) in [5, 5.41) is 12.6. The fourth-order valence-corrected chi connectivity index (χ4v) is 6.11. The van der Waals surface area contributed by atoms with Crippen molar-refractivity contribution in [1.29, 1.82) is 0 Å². The zero-order chi connectivity index (χ0) is 22.3. The average molecular weight is 469 g/mol. The Bertz CT molecular complexity index is 969. The molecule has 0 spiro atoms. The molecule has 0 bridgehead atoms. The molecule has 5 heteroatoms. The van der Waals surface area contributed by atoms with Gasteiger partial charge in [0.05, 0.1) is 29.1 Å². The summed E-state index contributed by atoms with van der Waals surface area (Å²) in [5.41, 5.74) is 5.15. The maximum absolute atomic E-state index is 10.5. The highest BCUT2D eigenvalue weighted by molar-refractivity contribution is 8.01. The van der Waals surface area contributed by atoms with E-state index < -0.39 is 0 Å². The van der Waals surface area contributed by atoms with Crippen LogP contribution in [0.15, 0.2) is 64.2 Å². The lowest BCUT2D eigenvalue weighted by Crippen LogP contribution is -2.32. The number of hydrogen-bond donors (Lipinski definition) is 1. The van der Waals surface area contributed by atoms with E-state index in [1.54, 1.807) is 11.3 Å². The summed E-state index contributed by atoms with van der Waals surface area (Å²) in [6.45, 7) is 4.89. The second-order valence-corrected chi connectivity index (χ2v) is 10.5. The molecule has 1 saturated heterocycles. The Hall–Kier alpha value is -1.79. The van der Waals surface area contributed by atoms with E-state index in [0.717, 1.165) is 24.3 Å². The summed E-state index contributed by atoms with van der Waals surface area (Å²) in [7, 11) is 0. The van der Waals surface area contributed by atoms with E-state index >= 15 is 0 Å². The van der Waals surface area contributed by atoms with Crippen LogP contribution in [0.4, 0.5) is 0 Å². The van der Waals surface area contributed by atoms with Gasteiger partial charge in [-0.2, -0.15) is 0 Å². The molecule has 1 aromatic heterocycles. The zero-order valence-corrected chi connectivity index (χ0v) is 20.5. The van der Waals surface area contributed by atoms with E-state index in [-0.39, 0.29) is 18.3 Å². The molecule has 0 amide bonds. The van der Waals surface area contributed by atoms with Crippen LogP contribution >= 0.6 is 23.1 Å². The van der Waals surface area contributed by atoms with Crippen LogP contribution in [0.2, 0.25) is 0 Å². The fraction of sp³-hybridized carbons (Fsp3) is 0.407. The molecule has 0 radical (unpaired) electrons. The van der Waals surface area contributed by atoms with E-state index in [4.69, 9.17) is 9.47 Å². The van der Waals surface area contributed by atoms with Crippen LogP contribution in [0.25, 0.3) is 0 Å². The topological polar surface area (TPSA) is 38.7 Å². The minimum atomic E-state index is -0.317. The molecule has 3 nitrogen and oxygen atoms in total. The Balaban J connectivity index is 1.47. The second kappa shape index (κ2) is 11.4. The van der Waals surface area contributed by atoms with Crippen LogP contribution in [-0.4, -0.2) is 29.7 Å². The zero-order valence-electron chi connectivity index (χ0n) is 18.8. The second-order valence-electron chi connectivity index (χ2n) is 8.25. The smallest absolute Gasteiger partial charge is 0.119 e. The predicted octanol–water partition coefficient (Wildman–Crippen LogP) is 6.67. The highest BCUT2D eigenvalue weighted by Crippen LogP contribution is 2.35. The largest absolute Gasteiger partial charge is 0.494 e. The van der Waals surface area contributed by atoms with Crippen molar-refractivity contribution < 1.29 is 14.6 Å². The van der Waals surface area contributed by atoms with Crippen molar-refractivity contribution in [3.8, 4) is 5.75 Å². The predicted molar refractivity (Wildman–Crippen MR) is 134 cm³/mol. The van der Waals surface area contributed by atoms with Crippen molar-refractivity contribution >= 4 is 23.1 Å². The van der Waals surface area contributed by atoms with Gasteiger partial charge in [0.1, 0.15) is 5.75 Å². The number of aliphatic hydroxyl groups is 1. The van der Waals surface area contributed by atoms with Crippen LogP contribution in [0, 0.1) is 0 Å². The van der Waals surface area contributed by atoms with E-state index in [2.05, 4.69) is 54.8 Å². The maximum atomic E-state index is 10.5. The van der Waals surface area contributed by atoms with E-state index in [0.29, 0.717) is 19.4 Å². The average Bonchev–Trinajstić information content (AvgIpc) is 3.33. The first-order valence-electron chi connectivity index (χ1n) is 11.5. The van der Waals surface area contributed by atoms with E-state index in [9.17, 15) is 5.11 Å². The first-order valence-corrected chi connectivity index (χ1v) is 13.3. The Morgan fingerprint density at radius 3 is 2.62 bits per heavy atom. The lowest BCUT2D eigenvalue weighted by atomic mass is 9.91. The number of rotatable bonds is 9. The van der Waals surface area contributed by atoms with Crippen LogP contribution in [0.3, 0.4) is 0 Å². The van der Waals surface area contributed by atoms with Crippen LogP contribution in [0.5, 0.6) is 5.75 Å². The van der Waals surface area contributed by atoms with Gasteiger partial charge in [0, 0.05) is 18.6 Å². The third-order valence-corrected chi connectivity index (χ3v) is 8.16. The minimum Gasteiger partial charge on any atom is -0.494 e. The highest BCUT2D eigenvalue weighted by Gasteiger charge is 2.29. The monoisotopic (exact) mass is 468 g/mol. The van der Waals surface area contributed by atoms with Gasteiger partial charge in [0.25, 0.3) is 0 Å². The fourth-order valence-electron chi connectivity index (χ4n) is 4.28. The molecular weight excluding hydrogens is 436 g/mol. The SMILES string of the molecule is CCOc1ccc(Cc2cc(C3CC(O)CC(CSc4cccs4)O3)ccc2CC)cc1. The molecule has 1 fully saturated rings. The number of aliphatic hydroxyl groups excluding tert-OH is 1. The molecule has 1 aliphatic rings. The Morgan fingerprint density at radius 1 is 1.06 bits per heavy atom. The molecule has 3 aromatic rings. The minimum absolute atomic E-state index is 0.0577. The molecular formula is C27H32O3S2. The molecule has 2 aromatic carbocycles. The van der Waals surface area contributed by atoms with Gasteiger partial charge in [0.15, 0.2) is 0 Å². The van der Waals surface area contributed by atoms with Crippen molar-refractivity contribution in [3.05, 3.63) is 82.2 Å². The van der Waals surface area contributed by atoms with Gasteiger partial charge in [0.2, 0.25) is 0 Å². The van der Waals surface area contributed by atoms with Crippen molar-refractivity contribution in [1.82, 2.24) is 0 Å². The number of aryl methyl sites for hydroxylation is 1. The van der Waals surface area contributed by atoms with E-state index in [1.807, 2.05) is 30.8 Å². The molecule has 0 aliphatic carbocycles. The molecule has 3 atom stereocenters. The quantitative estimate of drug-likeness (QED) is 0.356. The van der Waals surface area contributed by atoms with Crippen LogP contribution in [-0.2, 0) is 17.6 Å². The van der Waals surface area contributed by atoms with Crippen LogP contribution in [0.1, 0.15) is 55.0 Å². The summed E-state index contributed by atoms with van der Waals surface area (Å²) in [4.78, 5) is 0. The lowest BCUT2D eigenvalue weighted by molar-refractivity contribution is -0.0875. The molecule has 2 heterocycles. The molecule has 170 valence electrons. The number of benzene rings is 2. The lowest BCUT2D eigenvalue weighted by Gasteiger charge is -2.33. The molecule has 4 rings (SSSR count). The van der Waals surface area contributed by atoms with Gasteiger partial charge in [-0.25, -0.2) is 0 Å². The summed E-state index contributed by atoms with van der Waals surface area (Å²) >= 11 is 3.58. The normalized spacial score (nSPS) is 20.9. The van der Waals surface area contributed by atoms with Crippen molar-refractivity contribution in [2.24, 2.45) is 0 Å². The van der Waals surface area contributed by atoms with Crippen LogP contribution < -0.4 is 4.74 Å². The maximum Gasteiger partial charge on any atom is 0.119 e. The molecule has 3 unspecified atom stereocenters. The number of thiophene rings is 1. The third-order valence-electron chi connectivity index (χ3n) is 5.90. The standard InChI is InChI=1S/C27H32O3S2/c1-3-20-9-10-21(15-22(20)14-19-7-11-24(12-8-19)29-4-2)26-17-23(28)16-25(30-26)18-32-27-6-5-13-31-27/h5-13,15,23,25-26,28H,3-4,14,16-18H2,1-2H3.